The third-order valence-electron chi connectivity index (χ3n) is 3.17. The number of benzene rings is 1. The largest absolute Gasteiger partial charge is 0.484 e. The average molecular weight is 263 g/mol. The lowest BCUT2D eigenvalue weighted by Gasteiger charge is -2.14. The fraction of sp³-hybridized carbons (Fsp3) is 0.429. The number of Topliss-reactive ketones (excluding diaryl/α,β-unsaturated/α-hetero) is 1. The number of aliphatic hydroxyl groups is 1. The molecule has 0 spiro atoms. The third kappa shape index (κ3) is 3.54. The Hall–Kier alpha value is -1.88. The predicted molar refractivity (Wildman–Crippen MR) is 69.1 cm³/mol. The fourth-order valence-electron chi connectivity index (χ4n) is 1.76. The first-order valence-electron chi connectivity index (χ1n) is 6.20. The van der Waals surface area contributed by atoms with Crippen LogP contribution in [0.15, 0.2) is 24.3 Å². The lowest BCUT2D eigenvalue weighted by molar-refractivity contribution is -0.124. The summed E-state index contributed by atoms with van der Waals surface area (Å²) >= 11 is 0. The zero-order chi connectivity index (χ0) is 13.9. The van der Waals surface area contributed by atoms with Gasteiger partial charge in [0.05, 0.1) is 12.1 Å². The second-order valence-electron chi connectivity index (χ2n) is 4.86. The Labute approximate surface area is 111 Å². The maximum Gasteiger partial charge on any atom is 0.258 e. The highest BCUT2D eigenvalue weighted by atomic mass is 16.5. The molecule has 0 aliphatic heterocycles. The van der Waals surface area contributed by atoms with Gasteiger partial charge in [-0.25, -0.2) is 0 Å². The van der Waals surface area contributed by atoms with Crippen molar-refractivity contribution >= 4 is 11.7 Å². The van der Waals surface area contributed by atoms with Crippen LogP contribution in [-0.4, -0.2) is 35.5 Å². The Morgan fingerprint density at radius 3 is 2.74 bits per heavy atom. The highest BCUT2D eigenvalue weighted by molar-refractivity contribution is 5.94. The molecule has 0 unspecified atom stereocenters. The number of ketones is 1. The smallest absolute Gasteiger partial charge is 0.258 e. The fourth-order valence-corrected chi connectivity index (χ4v) is 1.76. The molecule has 1 fully saturated rings. The maximum absolute atomic E-state index is 11.6. The first kappa shape index (κ1) is 13.5. The topological polar surface area (TPSA) is 75.6 Å². The molecule has 2 rings (SSSR count). The Balaban J connectivity index is 1.86. The van der Waals surface area contributed by atoms with E-state index in [1.165, 1.54) is 6.92 Å². The quantitative estimate of drug-likeness (QED) is 0.748. The van der Waals surface area contributed by atoms with Gasteiger partial charge in [0.25, 0.3) is 5.91 Å². The van der Waals surface area contributed by atoms with Crippen molar-refractivity contribution in [3.8, 4) is 5.75 Å². The molecule has 0 radical (unpaired) electrons. The molecule has 2 N–H and O–H groups in total. The van der Waals surface area contributed by atoms with E-state index in [2.05, 4.69) is 5.32 Å². The molecule has 0 heterocycles. The van der Waals surface area contributed by atoms with Gasteiger partial charge < -0.3 is 15.2 Å². The van der Waals surface area contributed by atoms with Crippen molar-refractivity contribution in [3.05, 3.63) is 29.8 Å². The number of carbonyl (C=O) groups excluding carboxylic acids is 2. The van der Waals surface area contributed by atoms with E-state index in [0.717, 1.165) is 12.8 Å². The zero-order valence-corrected chi connectivity index (χ0v) is 10.8. The Morgan fingerprint density at radius 1 is 1.42 bits per heavy atom. The summed E-state index contributed by atoms with van der Waals surface area (Å²) in [7, 11) is 0. The van der Waals surface area contributed by atoms with E-state index in [-0.39, 0.29) is 24.9 Å². The van der Waals surface area contributed by atoms with E-state index in [4.69, 9.17) is 9.84 Å². The van der Waals surface area contributed by atoms with Gasteiger partial charge in [-0.15, -0.1) is 0 Å². The summed E-state index contributed by atoms with van der Waals surface area (Å²) in [5.41, 5.74) is 0.119. The van der Waals surface area contributed by atoms with Gasteiger partial charge in [0.15, 0.2) is 12.4 Å². The van der Waals surface area contributed by atoms with E-state index in [1.807, 2.05) is 0 Å². The normalized spacial score (nSPS) is 15.7. The van der Waals surface area contributed by atoms with Gasteiger partial charge in [-0.05, 0) is 31.9 Å². The molecular weight excluding hydrogens is 246 g/mol. The van der Waals surface area contributed by atoms with Gasteiger partial charge in [-0.2, -0.15) is 0 Å². The van der Waals surface area contributed by atoms with Crippen LogP contribution >= 0.6 is 0 Å². The first-order chi connectivity index (χ1) is 9.04. The monoisotopic (exact) mass is 263 g/mol. The van der Waals surface area contributed by atoms with Crippen LogP contribution < -0.4 is 10.1 Å². The first-order valence-corrected chi connectivity index (χ1v) is 6.20. The summed E-state index contributed by atoms with van der Waals surface area (Å²) in [4.78, 5) is 22.8. The molecule has 5 nitrogen and oxygen atoms in total. The number of carbonyl (C=O) groups is 2. The molecule has 0 aromatic heterocycles. The van der Waals surface area contributed by atoms with Crippen molar-refractivity contribution in [1.82, 2.24) is 5.32 Å². The SMILES string of the molecule is CC(=O)c1cccc(OCC(=O)NC2(CO)CC2)c1. The summed E-state index contributed by atoms with van der Waals surface area (Å²) < 4.78 is 5.33. The molecule has 5 heteroatoms. The van der Waals surface area contributed by atoms with Crippen LogP contribution in [0.4, 0.5) is 0 Å². The van der Waals surface area contributed by atoms with E-state index < -0.39 is 5.54 Å². The summed E-state index contributed by atoms with van der Waals surface area (Å²) in [6.07, 6.45) is 1.60. The lowest BCUT2D eigenvalue weighted by atomic mass is 10.1. The molecule has 0 saturated heterocycles. The number of aliphatic hydroxyl groups excluding tert-OH is 1. The number of amides is 1. The van der Waals surface area contributed by atoms with Crippen molar-refractivity contribution in [2.45, 2.75) is 25.3 Å². The molecule has 102 valence electrons. The molecule has 1 aliphatic carbocycles. The van der Waals surface area contributed by atoms with Crippen LogP contribution in [-0.2, 0) is 4.79 Å². The minimum absolute atomic E-state index is 0.0431. The Morgan fingerprint density at radius 2 is 2.16 bits per heavy atom. The van der Waals surface area contributed by atoms with Crippen molar-refractivity contribution in [3.63, 3.8) is 0 Å². The molecule has 1 aromatic rings. The highest BCUT2D eigenvalue weighted by Crippen LogP contribution is 2.34. The van der Waals surface area contributed by atoms with Crippen molar-refractivity contribution in [1.29, 1.82) is 0 Å². The molecule has 1 aliphatic rings. The number of hydrogen-bond donors (Lipinski definition) is 2. The standard InChI is InChI=1S/C14H17NO4/c1-10(17)11-3-2-4-12(7-11)19-8-13(18)15-14(9-16)5-6-14/h2-4,7,16H,5-6,8-9H2,1H3,(H,15,18). The summed E-state index contributed by atoms with van der Waals surface area (Å²) in [6.45, 7) is 1.31. The van der Waals surface area contributed by atoms with Gasteiger partial charge in [0.1, 0.15) is 5.75 Å². The number of hydrogen-bond acceptors (Lipinski definition) is 4. The van der Waals surface area contributed by atoms with Crippen LogP contribution in [0.1, 0.15) is 30.1 Å². The van der Waals surface area contributed by atoms with Crippen molar-refractivity contribution < 1.29 is 19.4 Å². The minimum Gasteiger partial charge on any atom is -0.484 e. The van der Waals surface area contributed by atoms with Gasteiger partial charge >= 0.3 is 0 Å². The summed E-state index contributed by atoms with van der Waals surface area (Å²) in [6, 6.07) is 6.70. The molecule has 0 atom stereocenters. The molecule has 1 saturated carbocycles. The molecule has 19 heavy (non-hydrogen) atoms. The van der Waals surface area contributed by atoms with Crippen LogP contribution in [0.5, 0.6) is 5.75 Å². The molecule has 0 bridgehead atoms. The highest BCUT2D eigenvalue weighted by Gasteiger charge is 2.43. The summed E-state index contributed by atoms with van der Waals surface area (Å²) in [5.74, 6) is 0.170. The van der Waals surface area contributed by atoms with Gasteiger partial charge in [0.2, 0.25) is 0 Å². The second kappa shape index (κ2) is 5.40. The minimum atomic E-state index is -0.429. The maximum atomic E-state index is 11.6. The van der Waals surface area contributed by atoms with Gasteiger partial charge in [-0.1, -0.05) is 12.1 Å². The van der Waals surface area contributed by atoms with Crippen LogP contribution in [0.2, 0.25) is 0 Å². The molecule has 1 amide bonds. The summed E-state index contributed by atoms with van der Waals surface area (Å²) in [5, 5.41) is 11.8. The van der Waals surface area contributed by atoms with Crippen LogP contribution in [0, 0.1) is 0 Å². The zero-order valence-electron chi connectivity index (χ0n) is 10.8. The Bertz CT molecular complexity index is 494. The van der Waals surface area contributed by atoms with Crippen LogP contribution in [0.25, 0.3) is 0 Å². The molecular formula is C14H17NO4. The Kier molecular flexibility index (Phi) is 3.85. The number of ether oxygens (including phenoxy) is 1. The molecule has 1 aromatic carbocycles. The van der Waals surface area contributed by atoms with Crippen LogP contribution in [0.3, 0.4) is 0 Å². The predicted octanol–water partition coefficient (Wildman–Crippen LogP) is 0.909. The lowest BCUT2D eigenvalue weighted by Crippen LogP contribution is -2.42. The van der Waals surface area contributed by atoms with Gasteiger partial charge in [-0.3, -0.25) is 9.59 Å². The van der Waals surface area contributed by atoms with Crippen molar-refractivity contribution in [2.75, 3.05) is 13.2 Å². The van der Waals surface area contributed by atoms with E-state index in [9.17, 15) is 9.59 Å². The van der Waals surface area contributed by atoms with E-state index in [1.54, 1.807) is 24.3 Å². The van der Waals surface area contributed by atoms with Gasteiger partial charge in [0, 0.05) is 5.56 Å². The second-order valence-corrected chi connectivity index (χ2v) is 4.86. The number of rotatable bonds is 6. The number of nitrogens with one attached hydrogen (secondary N) is 1. The van der Waals surface area contributed by atoms with Crippen molar-refractivity contribution in [2.24, 2.45) is 0 Å². The third-order valence-corrected chi connectivity index (χ3v) is 3.17. The van der Waals surface area contributed by atoms with E-state index >= 15 is 0 Å². The average Bonchev–Trinajstić information content (AvgIpc) is 3.17. The van der Waals surface area contributed by atoms with E-state index in [0.29, 0.717) is 11.3 Å².